The fourth-order valence-electron chi connectivity index (χ4n) is 2.10. The SMILES string of the molecule is CN(C)CC(=O)N1CCCCC1(C)C(=O)O. The van der Waals surface area contributed by atoms with Crippen LogP contribution in [0.25, 0.3) is 0 Å². The average molecular weight is 228 g/mol. The highest BCUT2D eigenvalue weighted by atomic mass is 16.4. The zero-order valence-electron chi connectivity index (χ0n) is 10.2. The number of carbonyl (C=O) groups is 2. The molecule has 1 heterocycles. The maximum atomic E-state index is 11.9. The van der Waals surface area contributed by atoms with Crippen molar-refractivity contribution >= 4 is 11.9 Å². The Balaban J connectivity index is 2.82. The molecular formula is C11H20N2O3. The summed E-state index contributed by atoms with van der Waals surface area (Å²) in [6.07, 6.45) is 2.30. The van der Waals surface area contributed by atoms with E-state index in [1.54, 1.807) is 25.9 Å². The third-order valence-electron chi connectivity index (χ3n) is 3.10. The van der Waals surface area contributed by atoms with Crippen molar-refractivity contribution in [3.05, 3.63) is 0 Å². The number of carboxylic acids is 1. The Bertz CT molecular complexity index is 291. The predicted molar refractivity (Wildman–Crippen MR) is 60.2 cm³/mol. The van der Waals surface area contributed by atoms with Crippen molar-refractivity contribution in [2.24, 2.45) is 0 Å². The first kappa shape index (κ1) is 13.0. The number of hydrogen-bond acceptors (Lipinski definition) is 3. The summed E-state index contributed by atoms with van der Waals surface area (Å²) in [5, 5.41) is 9.24. The smallest absolute Gasteiger partial charge is 0.329 e. The zero-order valence-corrected chi connectivity index (χ0v) is 10.2. The van der Waals surface area contributed by atoms with Gasteiger partial charge >= 0.3 is 5.97 Å². The van der Waals surface area contributed by atoms with Crippen molar-refractivity contribution in [3.8, 4) is 0 Å². The van der Waals surface area contributed by atoms with Gasteiger partial charge in [-0.3, -0.25) is 4.79 Å². The Morgan fingerprint density at radius 1 is 1.38 bits per heavy atom. The van der Waals surface area contributed by atoms with Gasteiger partial charge in [0.25, 0.3) is 0 Å². The molecule has 1 atom stereocenters. The van der Waals surface area contributed by atoms with Crippen LogP contribution in [0.1, 0.15) is 26.2 Å². The first-order valence-electron chi connectivity index (χ1n) is 5.56. The predicted octanol–water partition coefficient (Wildman–Crippen LogP) is 0.404. The number of amides is 1. The molecule has 1 amide bonds. The van der Waals surface area contributed by atoms with E-state index in [1.165, 1.54) is 4.90 Å². The Kier molecular flexibility index (Phi) is 3.91. The van der Waals surface area contributed by atoms with Gasteiger partial charge in [-0.2, -0.15) is 0 Å². The second kappa shape index (κ2) is 4.82. The van der Waals surface area contributed by atoms with E-state index < -0.39 is 11.5 Å². The van der Waals surface area contributed by atoms with E-state index in [9.17, 15) is 14.7 Å². The molecule has 0 radical (unpaired) electrons. The van der Waals surface area contributed by atoms with Gasteiger partial charge in [0.15, 0.2) is 0 Å². The molecule has 0 saturated carbocycles. The van der Waals surface area contributed by atoms with Crippen LogP contribution in [0.4, 0.5) is 0 Å². The minimum absolute atomic E-state index is 0.102. The van der Waals surface area contributed by atoms with Crippen LogP contribution in [0, 0.1) is 0 Å². The molecule has 1 aliphatic heterocycles. The quantitative estimate of drug-likeness (QED) is 0.759. The first-order valence-corrected chi connectivity index (χ1v) is 5.56. The Hall–Kier alpha value is -1.10. The molecule has 5 nitrogen and oxygen atoms in total. The van der Waals surface area contributed by atoms with E-state index in [-0.39, 0.29) is 12.5 Å². The van der Waals surface area contributed by atoms with Crippen LogP contribution >= 0.6 is 0 Å². The summed E-state index contributed by atoms with van der Waals surface area (Å²) in [6.45, 7) is 2.46. The van der Waals surface area contributed by atoms with Crippen LogP contribution < -0.4 is 0 Å². The van der Waals surface area contributed by atoms with E-state index in [0.29, 0.717) is 13.0 Å². The topological polar surface area (TPSA) is 60.9 Å². The second-order valence-corrected chi connectivity index (χ2v) is 4.82. The molecule has 1 rings (SSSR count). The van der Waals surface area contributed by atoms with Crippen LogP contribution in [-0.4, -0.2) is 59.5 Å². The summed E-state index contributed by atoms with van der Waals surface area (Å²) < 4.78 is 0. The molecule has 1 unspecified atom stereocenters. The number of hydrogen-bond donors (Lipinski definition) is 1. The van der Waals surface area contributed by atoms with Gasteiger partial charge < -0.3 is 14.9 Å². The molecule has 16 heavy (non-hydrogen) atoms. The molecule has 0 aromatic heterocycles. The standard InChI is InChI=1S/C11H20N2O3/c1-11(10(15)16)6-4-5-7-13(11)9(14)8-12(2)3/h4-8H2,1-3H3,(H,15,16). The van der Waals surface area contributed by atoms with Gasteiger partial charge in [-0.25, -0.2) is 4.79 Å². The van der Waals surface area contributed by atoms with Crippen molar-refractivity contribution in [3.63, 3.8) is 0 Å². The highest BCUT2D eigenvalue weighted by Crippen LogP contribution is 2.28. The van der Waals surface area contributed by atoms with Crippen molar-refractivity contribution < 1.29 is 14.7 Å². The van der Waals surface area contributed by atoms with E-state index in [1.807, 2.05) is 0 Å². The van der Waals surface area contributed by atoms with Gasteiger partial charge in [0.1, 0.15) is 5.54 Å². The number of likely N-dealkylation sites (N-methyl/N-ethyl adjacent to an activating group) is 1. The van der Waals surface area contributed by atoms with Crippen molar-refractivity contribution in [2.45, 2.75) is 31.7 Å². The molecular weight excluding hydrogens is 208 g/mol. The largest absolute Gasteiger partial charge is 0.480 e. The third kappa shape index (κ3) is 2.52. The lowest BCUT2D eigenvalue weighted by atomic mass is 9.88. The molecule has 1 N–H and O–H groups in total. The summed E-state index contributed by atoms with van der Waals surface area (Å²) in [5.41, 5.74) is -1.02. The Morgan fingerprint density at radius 3 is 2.50 bits per heavy atom. The van der Waals surface area contributed by atoms with Gasteiger partial charge in [-0.1, -0.05) is 0 Å². The lowest BCUT2D eigenvalue weighted by Gasteiger charge is -2.42. The highest BCUT2D eigenvalue weighted by Gasteiger charge is 2.43. The molecule has 0 bridgehead atoms. The van der Waals surface area contributed by atoms with Crippen LogP contribution in [0.5, 0.6) is 0 Å². The fraction of sp³-hybridized carbons (Fsp3) is 0.818. The highest BCUT2D eigenvalue weighted by molar-refractivity contribution is 5.87. The average Bonchev–Trinajstić information content (AvgIpc) is 2.16. The summed E-state index contributed by atoms with van der Waals surface area (Å²) in [7, 11) is 3.61. The maximum absolute atomic E-state index is 11.9. The minimum Gasteiger partial charge on any atom is -0.480 e. The molecule has 1 fully saturated rings. The summed E-state index contributed by atoms with van der Waals surface area (Å²) in [5.74, 6) is -1.01. The zero-order chi connectivity index (χ0) is 12.3. The molecule has 92 valence electrons. The van der Waals surface area contributed by atoms with E-state index >= 15 is 0 Å². The number of nitrogens with zero attached hydrogens (tertiary/aromatic N) is 2. The van der Waals surface area contributed by atoms with E-state index in [0.717, 1.165) is 12.8 Å². The molecule has 0 aliphatic carbocycles. The number of carboxylic acid groups (broad SMARTS) is 1. The van der Waals surface area contributed by atoms with Crippen LogP contribution in [0.3, 0.4) is 0 Å². The molecule has 1 aliphatic rings. The van der Waals surface area contributed by atoms with Crippen LogP contribution in [0.2, 0.25) is 0 Å². The molecule has 1 saturated heterocycles. The van der Waals surface area contributed by atoms with Gasteiger partial charge in [-0.15, -0.1) is 0 Å². The van der Waals surface area contributed by atoms with Crippen molar-refractivity contribution in [1.29, 1.82) is 0 Å². The van der Waals surface area contributed by atoms with Crippen LogP contribution in [0.15, 0.2) is 0 Å². The minimum atomic E-state index is -1.02. The summed E-state index contributed by atoms with van der Waals surface area (Å²) >= 11 is 0. The second-order valence-electron chi connectivity index (χ2n) is 4.82. The molecule has 5 heteroatoms. The number of aliphatic carboxylic acids is 1. The number of carbonyl (C=O) groups excluding carboxylic acids is 1. The van der Waals surface area contributed by atoms with Crippen molar-refractivity contribution in [2.75, 3.05) is 27.2 Å². The summed E-state index contributed by atoms with van der Waals surface area (Å²) in [6, 6.07) is 0. The lowest BCUT2D eigenvalue weighted by Crippen LogP contribution is -2.59. The van der Waals surface area contributed by atoms with Crippen molar-refractivity contribution in [1.82, 2.24) is 9.80 Å². The Labute approximate surface area is 96.0 Å². The first-order chi connectivity index (χ1) is 7.38. The third-order valence-corrected chi connectivity index (χ3v) is 3.10. The molecule has 0 aromatic carbocycles. The number of piperidine rings is 1. The fourth-order valence-corrected chi connectivity index (χ4v) is 2.10. The van der Waals surface area contributed by atoms with Gasteiger partial charge in [0.2, 0.25) is 5.91 Å². The maximum Gasteiger partial charge on any atom is 0.329 e. The monoisotopic (exact) mass is 228 g/mol. The molecule has 0 spiro atoms. The Morgan fingerprint density at radius 2 is 2.00 bits per heavy atom. The lowest BCUT2D eigenvalue weighted by molar-refractivity contribution is -0.161. The van der Waals surface area contributed by atoms with E-state index in [4.69, 9.17) is 0 Å². The molecule has 0 aromatic rings. The number of likely N-dealkylation sites (tertiary alicyclic amines) is 1. The number of rotatable bonds is 3. The van der Waals surface area contributed by atoms with Gasteiger partial charge in [0.05, 0.1) is 6.54 Å². The van der Waals surface area contributed by atoms with Gasteiger partial charge in [-0.05, 0) is 40.3 Å². The summed E-state index contributed by atoms with van der Waals surface area (Å²) in [4.78, 5) is 26.5. The van der Waals surface area contributed by atoms with Crippen LogP contribution in [-0.2, 0) is 9.59 Å². The van der Waals surface area contributed by atoms with E-state index in [2.05, 4.69) is 0 Å². The van der Waals surface area contributed by atoms with Gasteiger partial charge in [0, 0.05) is 6.54 Å². The normalized spacial score (nSPS) is 25.9.